The number of pyridine rings is 2. The molecule has 3 rings (SSSR count). The first-order chi connectivity index (χ1) is 12.7. The SMILES string of the molecule is O=C(NN=Cc1ccc(OC(=O)c2ccncc2)cc1)c1ccncc1. The van der Waals surface area contributed by atoms with Gasteiger partial charge in [-0.1, -0.05) is 0 Å². The summed E-state index contributed by atoms with van der Waals surface area (Å²) in [6.07, 6.45) is 7.61. The highest BCUT2D eigenvalue weighted by molar-refractivity contribution is 5.94. The molecule has 0 unspecified atom stereocenters. The standard InChI is InChI=1S/C19H14N4O3/c24-18(15-5-9-20-10-6-15)23-22-13-14-1-3-17(4-2-14)26-19(25)16-7-11-21-12-8-16/h1-13H,(H,23,24). The van der Waals surface area contributed by atoms with Gasteiger partial charge in [0.1, 0.15) is 5.75 Å². The molecule has 2 heterocycles. The Morgan fingerprint density at radius 3 is 2.04 bits per heavy atom. The number of ether oxygens (including phenoxy) is 1. The van der Waals surface area contributed by atoms with Crippen LogP contribution >= 0.6 is 0 Å². The molecule has 128 valence electrons. The second-order valence-corrected chi connectivity index (χ2v) is 5.13. The van der Waals surface area contributed by atoms with E-state index in [1.165, 1.54) is 31.0 Å². The van der Waals surface area contributed by atoms with Crippen LogP contribution in [0.4, 0.5) is 0 Å². The minimum Gasteiger partial charge on any atom is -0.423 e. The summed E-state index contributed by atoms with van der Waals surface area (Å²) in [4.78, 5) is 31.5. The van der Waals surface area contributed by atoms with E-state index in [2.05, 4.69) is 20.5 Å². The summed E-state index contributed by atoms with van der Waals surface area (Å²) < 4.78 is 5.27. The van der Waals surface area contributed by atoms with Crippen molar-refractivity contribution in [2.45, 2.75) is 0 Å². The molecule has 0 aliphatic heterocycles. The molecule has 0 spiro atoms. The molecule has 0 saturated carbocycles. The Hall–Kier alpha value is -3.87. The lowest BCUT2D eigenvalue weighted by Crippen LogP contribution is -2.17. The van der Waals surface area contributed by atoms with Crippen LogP contribution in [0.25, 0.3) is 0 Å². The predicted molar refractivity (Wildman–Crippen MR) is 94.9 cm³/mol. The number of hydrogen-bond donors (Lipinski definition) is 1. The average Bonchev–Trinajstić information content (AvgIpc) is 2.70. The summed E-state index contributed by atoms with van der Waals surface area (Å²) >= 11 is 0. The molecule has 0 bridgehead atoms. The fourth-order valence-corrected chi connectivity index (χ4v) is 2.01. The largest absolute Gasteiger partial charge is 0.423 e. The zero-order chi connectivity index (χ0) is 18.2. The highest BCUT2D eigenvalue weighted by Crippen LogP contribution is 2.13. The van der Waals surface area contributed by atoms with Gasteiger partial charge in [-0.05, 0) is 54.1 Å². The van der Waals surface area contributed by atoms with Crippen molar-refractivity contribution in [3.63, 3.8) is 0 Å². The molecule has 7 heteroatoms. The summed E-state index contributed by atoms with van der Waals surface area (Å²) in [5.41, 5.74) is 4.06. The Bertz CT molecular complexity index is 911. The van der Waals surface area contributed by atoms with E-state index in [0.717, 1.165) is 5.56 Å². The lowest BCUT2D eigenvalue weighted by atomic mass is 10.2. The van der Waals surface area contributed by atoms with Gasteiger partial charge in [0.25, 0.3) is 5.91 Å². The molecule has 0 fully saturated rings. The Balaban J connectivity index is 1.56. The molecule has 1 amide bonds. The molecular weight excluding hydrogens is 332 g/mol. The van der Waals surface area contributed by atoms with E-state index >= 15 is 0 Å². The second kappa shape index (κ2) is 8.29. The summed E-state index contributed by atoms with van der Waals surface area (Å²) in [5, 5.41) is 3.90. The summed E-state index contributed by atoms with van der Waals surface area (Å²) in [6.45, 7) is 0. The molecule has 0 atom stereocenters. The van der Waals surface area contributed by atoms with Gasteiger partial charge in [-0.15, -0.1) is 0 Å². The fraction of sp³-hybridized carbons (Fsp3) is 0. The molecule has 7 nitrogen and oxygen atoms in total. The maximum atomic E-state index is 12.0. The number of esters is 1. The molecule has 1 aromatic carbocycles. The van der Waals surface area contributed by atoms with Crippen molar-refractivity contribution >= 4 is 18.1 Å². The first kappa shape index (κ1) is 17.0. The third kappa shape index (κ3) is 4.57. The van der Waals surface area contributed by atoms with Gasteiger partial charge in [-0.3, -0.25) is 14.8 Å². The third-order valence-electron chi connectivity index (χ3n) is 3.33. The lowest BCUT2D eigenvalue weighted by Gasteiger charge is -2.04. The maximum Gasteiger partial charge on any atom is 0.343 e. The number of carbonyl (C=O) groups excluding carboxylic acids is 2. The normalized spacial score (nSPS) is 10.5. The molecule has 2 aromatic heterocycles. The Morgan fingerprint density at radius 2 is 1.42 bits per heavy atom. The topological polar surface area (TPSA) is 93.5 Å². The maximum absolute atomic E-state index is 12.0. The zero-order valence-corrected chi connectivity index (χ0v) is 13.6. The number of nitrogens with zero attached hydrogens (tertiary/aromatic N) is 3. The van der Waals surface area contributed by atoms with Gasteiger partial charge in [0, 0.05) is 30.4 Å². The predicted octanol–water partition coefficient (Wildman–Crippen LogP) is 2.46. The number of nitrogens with one attached hydrogen (secondary N) is 1. The van der Waals surface area contributed by atoms with Crippen LogP contribution < -0.4 is 10.2 Å². The molecular formula is C19H14N4O3. The van der Waals surface area contributed by atoms with Gasteiger partial charge in [-0.2, -0.15) is 5.10 Å². The highest BCUT2D eigenvalue weighted by atomic mass is 16.5. The van der Waals surface area contributed by atoms with E-state index in [-0.39, 0.29) is 5.91 Å². The number of hydrogen-bond acceptors (Lipinski definition) is 6. The van der Waals surface area contributed by atoms with Crippen molar-refractivity contribution in [1.29, 1.82) is 0 Å². The van der Waals surface area contributed by atoms with E-state index < -0.39 is 5.97 Å². The van der Waals surface area contributed by atoms with Crippen LogP contribution in [0.3, 0.4) is 0 Å². The monoisotopic (exact) mass is 346 g/mol. The first-order valence-corrected chi connectivity index (χ1v) is 7.68. The summed E-state index contributed by atoms with van der Waals surface area (Å²) in [7, 11) is 0. The number of rotatable bonds is 5. The van der Waals surface area contributed by atoms with Crippen LogP contribution in [0.15, 0.2) is 78.4 Å². The molecule has 0 saturated heterocycles. The zero-order valence-electron chi connectivity index (χ0n) is 13.6. The Labute approximate surface area is 149 Å². The van der Waals surface area contributed by atoms with Crippen LogP contribution in [-0.2, 0) is 0 Å². The van der Waals surface area contributed by atoms with Crippen molar-refractivity contribution in [3.8, 4) is 5.75 Å². The van der Waals surface area contributed by atoms with Crippen LogP contribution in [0.2, 0.25) is 0 Å². The van der Waals surface area contributed by atoms with Gasteiger partial charge >= 0.3 is 5.97 Å². The van der Waals surface area contributed by atoms with Crippen LogP contribution in [0, 0.1) is 0 Å². The van der Waals surface area contributed by atoms with Gasteiger partial charge in [-0.25, -0.2) is 10.2 Å². The number of amides is 1. The molecule has 0 aliphatic rings. The molecule has 26 heavy (non-hydrogen) atoms. The third-order valence-corrected chi connectivity index (χ3v) is 3.33. The van der Waals surface area contributed by atoms with Crippen LogP contribution in [0.5, 0.6) is 5.75 Å². The van der Waals surface area contributed by atoms with Crippen LogP contribution in [0.1, 0.15) is 26.3 Å². The van der Waals surface area contributed by atoms with Gasteiger partial charge in [0.2, 0.25) is 0 Å². The minimum atomic E-state index is -0.460. The average molecular weight is 346 g/mol. The molecule has 0 radical (unpaired) electrons. The Kier molecular flexibility index (Phi) is 5.41. The number of benzene rings is 1. The van der Waals surface area contributed by atoms with Crippen molar-refractivity contribution in [2.24, 2.45) is 5.10 Å². The molecule has 0 aliphatic carbocycles. The second-order valence-electron chi connectivity index (χ2n) is 5.13. The van der Waals surface area contributed by atoms with Crippen molar-refractivity contribution in [1.82, 2.24) is 15.4 Å². The highest BCUT2D eigenvalue weighted by Gasteiger charge is 2.07. The lowest BCUT2D eigenvalue weighted by molar-refractivity contribution is 0.0734. The van der Waals surface area contributed by atoms with E-state index in [1.54, 1.807) is 48.5 Å². The van der Waals surface area contributed by atoms with E-state index in [9.17, 15) is 9.59 Å². The van der Waals surface area contributed by atoms with Gasteiger partial charge in [0.05, 0.1) is 11.8 Å². The molecule has 3 aromatic rings. The van der Waals surface area contributed by atoms with Gasteiger partial charge < -0.3 is 4.74 Å². The quantitative estimate of drug-likeness (QED) is 0.331. The van der Waals surface area contributed by atoms with Crippen molar-refractivity contribution < 1.29 is 14.3 Å². The minimum absolute atomic E-state index is 0.327. The molecule has 1 N–H and O–H groups in total. The number of hydrazone groups is 1. The van der Waals surface area contributed by atoms with E-state index in [0.29, 0.717) is 16.9 Å². The van der Waals surface area contributed by atoms with Crippen molar-refractivity contribution in [3.05, 3.63) is 90.0 Å². The summed E-state index contributed by atoms with van der Waals surface area (Å²) in [5.74, 6) is -0.380. The van der Waals surface area contributed by atoms with E-state index in [1.807, 2.05) is 0 Å². The fourth-order valence-electron chi connectivity index (χ4n) is 2.01. The Morgan fingerprint density at radius 1 is 0.846 bits per heavy atom. The first-order valence-electron chi connectivity index (χ1n) is 7.68. The summed E-state index contributed by atoms with van der Waals surface area (Å²) in [6, 6.07) is 13.1. The smallest absolute Gasteiger partial charge is 0.343 e. The van der Waals surface area contributed by atoms with Crippen molar-refractivity contribution in [2.75, 3.05) is 0 Å². The number of aromatic nitrogens is 2. The number of carbonyl (C=O) groups is 2. The van der Waals surface area contributed by atoms with Gasteiger partial charge in [0.15, 0.2) is 0 Å². The van der Waals surface area contributed by atoms with Crippen LogP contribution in [-0.4, -0.2) is 28.1 Å². The van der Waals surface area contributed by atoms with E-state index in [4.69, 9.17) is 4.74 Å².